The van der Waals surface area contributed by atoms with Gasteiger partial charge in [-0.05, 0) is 62.1 Å². The second kappa shape index (κ2) is 5.31. The van der Waals surface area contributed by atoms with Gasteiger partial charge in [0.25, 0.3) is 0 Å². The quantitative estimate of drug-likeness (QED) is 0.771. The third kappa shape index (κ3) is 2.21. The van der Waals surface area contributed by atoms with Gasteiger partial charge in [0, 0.05) is 11.1 Å². The number of carbonyl (C=O) groups excluding carboxylic acids is 1. The summed E-state index contributed by atoms with van der Waals surface area (Å²) in [5, 5.41) is 3.67. The van der Waals surface area contributed by atoms with Gasteiger partial charge >= 0.3 is 6.09 Å². The summed E-state index contributed by atoms with van der Waals surface area (Å²) in [4.78, 5) is 12.2. The Bertz CT molecular complexity index is 617. The molecule has 0 unspecified atom stereocenters. The summed E-state index contributed by atoms with van der Waals surface area (Å²) in [7, 11) is 0. The topological polar surface area (TPSA) is 38.3 Å². The third-order valence-corrected chi connectivity index (χ3v) is 6.76. The average molecular weight is 340 g/mol. The molecule has 1 aromatic carbocycles. The monoisotopic (exact) mass is 339 g/mol. The zero-order valence-electron chi connectivity index (χ0n) is 12.3. The molecule has 0 radical (unpaired) electrons. The van der Waals surface area contributed by atoms with Gasteiger partial charge in [-0.15, -0.1) is 0 Å². The first-order chi connectivity index (χ1) is 10.6. The van der Waals surface area contributed by atoms with Crippen LogP contribution in [0, 0.1) is 17.3 Å². The van der Waals surface area contributed by atoms with E-state index in [9.17, 15) is 4.79 Å². The van der Waals surface area contributed by atoms with Crippen LogP contribution in [0.5, 0.6) is 0 Å². The van der Waals surface area contributed by atoms with E-state index in [1.165, 1.54) is 32.1 Å². The minimum atomic E-state index is -0.379. The predicted molar refractivity (Wildman–Crippen MR) is 87.5 cm³/mol. The maximum absolute atomic E-state index is 12.2. The molecule has 4 rings (SSSR count). The van der Waals surface area contributed by atoms with E-state index in [2.05, 4.69) is 5.32 Å². The number of rotatable bonds is 2. The lowest BCUT2D eigenvalue weighted by atomic mass is 9.78. The van der Waals surface area contributed by atoms with Crippen LogP contribution in [-0.2, 0) is 4.74 Å². The van der Waals surface area contributed by atoms with E-state index in [0.717, 1.165) is 18.3 Å². The summed E-state index contributed by atoms with van der Waals surface area (Å²) >= 11 is 11.8. The van der Waals surface area contributed by atoms with Crippen molar-refractivity contribution in [1.82, 2.24) is 0 Å². The number of halogens is 2. The van der Waals surface area contributed by atoms with Gasteiger partial charge in [0.2, 0.25) is 0 Å². The van der Waals surface area contributed by atoms with Crippen LogP contribution < -0.4 is 5.32 Å². The van der Waals surface area contributed by atoms with Crippen LogP contribution in [0.4, 0.5) is 10.5 Å². The van der Waals surface area contributed by atoms with Crippen molar-refractivity contribution in [3.8, 4) is 0 Å². The van der Waals surface area contributed by atoms with Crippen LogP contribution in [0.25, 0.3) is 0 Å². The highest BCUT2D eigenvalue weighted by molar-refractivity contribution is 6.42. The first-order valence-electron chi connectivity index (χ1n) is 8.01. The number of hydrogen-bond donors (Lipinski definition) is 1. The molecule has 0 spiro atoms. The lowest BCUT2D eigenvalue weighted by molar-refractivity contribution is 0.0173. The van der Waals surface area contributed by atoms with E-state index in [1.807, 2.05) is 0 Å². The van der Waals surface area contributed by atoms with E-state index in [1.54, 1.807) is 18.2 Å². The Labute approximate surface area is 140 Å². The molecule has 0 aliphatic heterocycles. The molecule has 3 nitrogen and oxygen atoms in total. The molecule has 118 valence electrons. The predicted octanol–water partition coefficient (Wildman–Crippen LogP) is 5.51. The molecule has 4 atom stereocenters. The Hall–Kier alpha value is -0.930. The number of carbonyl (C=O) groups is 1. The Morgan fingerprint density at radius 1 is 1.23 bits per heavy atom. The van der Waals surface area contributed by atoms with E-state index < -0.39 is 0 Å². The Morgan fingerprint density at radius 2 is 2.09 bits per heavy atom. The van der Waals surface area contributed by atoms with E-state index in [-0.39, 0.29) is 17.6 Å². The van der Waals surface area contributed by atoms with Gasteiger partial charge in [0.15, 0.2) is 0 Å². The highest BCUT2D eigenvalue weighted by Crippen LogP contribution is 2.66. The van der Waals surface area contributed by atoms with Crippen LogP contribution in [0.2, 0.25) is 10.0 Å². The van der Waals surface area contributed by atoms with Crippen LogP contribution in [-0.4, -0.2) is 12.2 Å². The molecular formula is C17H19Cl2NO2. The molecule has 3 fully saturated rings. The fraction of sp³-hybridized carbons (Fsp3) is 0.588. The Kier molecular flexibility index (Phi) is 3.54. The van der Waals surface area contributed by atoms with Crippen molar-refractivity contribution in [1.29, 1.82) is 0 Å². The summed E-state index contributed by atoms with van der Waals surface area (Å²) < 4.78 is 5.80. The summed E-state index contributed by atoms with van der Waals surface area (Å²) in [6, 6.07) is 5.04. The maximum atomic E-state index is 12.2. The SMILES string of the molecule is O=C(Nc1ccc(Cl)c(Cl)c1)O[C@H]1C[C@@H]2CC[C@@]13CCC[C@@H]23. The lowest BCUT2D eigenvalue weighted by Crippen LogP contribution is -2.36. The molecule has 22 heavy (non-hydrogen) atoms. The van der Waals surface area contributed by atoms with Crippen molar-refractivity contribution < 1.29 is 9.53 Å². The first kappa shape index (κ1) is 14.6. The number of ether oxygens (including phenoxy) is 1. The maximum Gasteiger partial charge on any atom is 0.411 e. The van der Waals surface area contributed by atoms with Crippen molar-refractivity contribution in [2.75, 3.05) is 5.32 Å². The molecule has 5 heteroatoms. The van der Waals surface area contributed by atoms with Gasteiger partial charge in [0.05, 0.1) is 10.0 Å². The average Bonchev–Trinajstić information content (AvgIpc) is 3.10. The molecule has 0 aromatic heterocycles. The third-order valence-electron chi connectivity index (χ3n) is 6.02. The molecule has 3 aliphatic rings. The normalized spacial score (nSPS) is 35.5. The minimum Gasteiger partial charge on any atom is -0.445 e. The van der Waals surface area contributed by atoms with Gasteiger partial charge in [-0.2, -0.15) is 0 Å². The van der Waals surface area contributed by atoms with Crippen molar-refractivity contribution in [3.05, 3.63) is 28.2 Å². The van der Waals surface area contributed by atoms with Gasteiger partial charge < -0.3 is 4.74 Å². The van der Waals surface area contributed by atoms with E-state index >= 15 is 0 Å². The molecule has 1 N–H and O–H groups in total. The molecule has 0 saturated heterocycles. The number of amides is 1. The van der Waals surface area contributed by atoms with Gasteiger partial charge in [0.1, 0.15) is 6.10 Å². The standard InChI is InChI=1S/C17H19Cl2NO2/c18-13-4-3-11(9-14(13)19)20-16(21)22-15-8-10-5-7-17(15)6-1-2-12(10)17/h3-4,9-10,12,15H,1-2,5-8H2,(H,20,21)/t10-,12-,15-,17+/m0/s1. The number of anilines is 1. The van der Waals surface area contributed by atoms with E-state index in [4.69, 9.17) is 27.9 Å². The molecule has 1 amide bonds. The summed E-state index contributed by atoms with van der Waals surface area (Å²) in [6.07, 6.45) is 7.12. The smallest absolute Gasteiger partial charge is 0.411 e. The number of hydrogen-bond acceptors (Lipinski definition) is 2. The Morgan fingerprint density at radius 3 is 2.91 bits per heavy atom. The second-order valence-electron chi connectivity index (χ2n) is 6.91. The highest BCUT2D eigenvalue weighted by atomic mass is 35.5. The molecule has 3 aliphatic carbocycles. The van der Waals surface area contributed by atoms with Crippen molar-refractivity contribution in [2.24, 2.45) is 17.3 Å². The highest BCUT2D eigenvalue weighted by Gasteiger charge is 2.62. The van der Waals surface area contributed by atoms with Gasteiger partial charge in [-0.1, -0.05) is 29.6 Å². The lowest BCUT2D eigenvalue weighted by Gasteiger charge is -2.33. The van der Waals surface area contributed by atoms with Gasteiger partial charge in [-0.25, -0.2) is 4.79 Å². The number of nitrogens with one attached hydrogen (secondary N) is 1. The largest absolute Gasteiger partial charge is 0.445 e. The summed E-state index contributed by atoms with van der Waals surface area (Å²) in [5.74, 6) is 1.56. The van der Waals surface area contributed by atoms with Crippen molar-refractivity contribution in [2.45, 2.75) is 44.6 Å². The summed E-state index contributed by atoms with van der Waals surface area (Å²) in [6.45, 7) is 0. The Balaban J connectivity index is 1.43. The van der Waals surface area contributed by atoms with Gasteiger partial charge in [-0.3, -0.25) is 5.32 Å². The van der Waals surface area contributed by atoms with E-state index in [0.29, 0.717) is 15.7 Å². The second-order valence-corrected chi connectivity index (χ2v) is 7.73. The fourth-order valence-corrected chi connectivity index (χ4v) is 5.46. The summed E-state index contributed by atoms with van der Waals surface area (Å²) in [5.41, 5.74) is 0.891. The van der Waals surface area contributed by atoms with Crippen LogP contribution in [0.1, 0.15) is 38.5 Å². The van der Waals surface area contributed by atoms with Crippen LogP contribution in [0.3, 0.4) is 0 Å². The molecular weight excluding hydrogens is 321 g/mol. The zero-order valence-corrected chi connectivity index (χ0v) is 13.8. The fourth-order valence-electron chi connectivity index (χ4n) is 5.16. The van der Waals surface area contributed by atoms with Crippen LogP contribution in [0.15, 0.2) is 18.2 Å². The molecule has 3 saturated carbocycles. The zero-order chi connectivity index (χ0) is 15.3. The van der Waals surface area contributed by atoms with Crippen molar-refractivity contribution >= 4 is 35.0 Å². The molecule has 2 bridgehead atoms. The molecule has 0 heterocycles. The van der Waals surface area contributed by atoms with Crippen LogP contribution >= 0.6 is 23.2 Å². The minimum absolute atomic E-state index is 0.0847. The molecule has 1 aromatic rings. The van der Waals surface area contributed by atoms with Crippen molar-refractivity contribution in [3.63, 3.8) is 0 Å². The number of benzene rings is 1. The first-order valence-corrected chi connectivity index (χ1v) is 8.77.